The molecule has 0 unspecified atom stereocenters. The molecule has 38 heavy (non-hydrogen) atoms. The third-order valence-electron chi connectivity index (χ3n) is 5.83. The lowest BCUT2D eigenvalue weighted by molar-refractivity contribution is -0.113. The van der Waals surface area contributed by atoms with Crippen molar-refractivity contribution in [3.05, 3.63) is 81.9 Å². The van der Waals surface area contributed by atoms with Gasteiger partial charge >= 0.3 is 0 Å². The first kappa shape index (κ1) is 24.2. The number of hydrogen-bond acceptors (Lipinski definition) is 9. The molecule has 5 aromatic rings. The van der Waals surface area contributed by atoms with Gasteiger partial charge in [-0.25, -0.2) is 17.8 Å². The van der Waals surface area contributed by atoms with E-state index in [2.05, 4.69) is 10.3 Å². The number of thiophene rings is 1. The summed E-state index contributed by atoms with van der Waals surface area (Å²) in [5, 5.41) is 16.9. The van der Waals surface area contributed by atoms with Gasteiger partial charge in [0.05, 0.1) is 11.1 Å². The predicted molar refractivity (Wildman–Crippen MR) is 140 cm³/mol. The average Bonchev–Trinajstić information content (AvgIpc) is 3.69. The van der Waals surface area contributed by atoms with Crippen molar-refractivity contribution in [3.63, 3.8) is 0 Å². The van der Waals surface area contributed by atoms with Crippen molar-refractivity contribution in [2.24, 2.45) is 0 Å². The summed E-state index contributed by atoms with van der Waals surface area (Å²) in [6.07, 6.45) is 1.42. The summed E-state index contributed by atoms with van der Waals surface area (Å²) in [5.41, 5.74) is 0.994. The number of carbonyl (C=O) groups is 1. The van der Waals surface area contributed by atoms with E-state index in [1.165, 1.54) is 25.4 Å². The Kier molecular flexibility index (Phi) is 5.70. The molecule has 0 bridgehead atoms. The van der Waals surface area contributed by atoms with E-state index in [1.807, 2.05) is 0 Å². The van der Waals surface area contributed by atoms with Crippen molar-refractivity contribution < 1.29 is 31.5 Å². The maximum absolute atomic E-state index is 13.3. The number of likely N-dealkylation sites (N-methyl/N-ethyl adjacent to an activating group) is 1. The smallest absolute Gasteiger partial charge is 0.278 e. The molecule has 0 saturated heterocycles. The predicted octanol–water partition coefficient (Wildman–Crippen LogP) is 6.03. The Bertz CT molecular complexity index is 1820. The van der Waals surface area contributed by atoms with Gasteiger partial charge in [-0.05, 0) is 48.5 Å². The zero-order chi connectivity index (χ0) is 26.6. The summed E-state index contributed by atoms with van der Waals surface area (Å²) in [4.78, 5) is 17.4. The Morgan fingerprint density at radius 1 is 1.05 bits per heavy atom. The molecule has 0 fully saturated rings. The van der Waals surface area contributed by atoms with E-state index in [9.17, 15) is 22.7 Å². The number of sulfonamides is 1. The summed E-state index contributed by atoms with van der Waals surface area (Å²) in [6.45, 7) is 0. The number of halogens is 1. The van der Waals surface area contributed by atoms with Crippen LogP contribution in [-0.4, -0.2) is 35.8 Å². The van der Waals surface area contributed by atoms with Crippen LogP contribution < -0.4 is 5.32 Å². The number of benzene rings is 1. The molecule has 0 radical (unpaired) electrons. The van der Waals surface area contributed by atoms with Crippen molar-refractivity contribution in [2.45, 2.75) is 4.90 Å². The lowest BCUT2D eigenvalue weighted by Gasteiger charge is -2.27. The maximum Gasteiger partial charge on any atom is 0.278 e. The lowest BCUT2D eigenvalue weighted by Crippen LogP contribution is -2.36. The monoisotopic (exact) mass is 569 g/mol. The molecule has 5 heterocycles. The van der Waals surface area contributed by atoms with Crippen molar-refractivity contribution in [1.82, 2.24) is 9.29 Å². The van der Waals surface area contributed by atoms with Crippen LogP contribution in [0.15, 0.2) is 85.0 Å². The first-order chi connectivity index (χ1) is 18.2. The first-order valence-corrected chi connectivity index (χ1v) is 14.1. The number of fused-ring (bicyclic) bond motifs is 1. The van der Waals surface area contributed by atoms with E-state index < -0.39 is 27.4 Å². The number of nitrogens with one attached hydrogen (secondary N) is 1. The van der Waals surface area contributed by atoms with Gasteiger partial charge in [-0.1, -0.05) is 0 Å². The Hall–Kier alpha value is -4.20. The number of hydrogen-bond donors (Lipinski definition) is 2. The highest BCUT2D eigenvalue weighted by atomic mass is 32.2. The minimum absolute atomic E-state index is 0.0448. The minimum Gasteiger partial charge on any atom is -0.504 e. The van der Waals surface area contributed by atoms with Crippen LogP contribution in [0.2, 0.25) is 0 Å². The van der Waals surface area contributed by atoms with E-state index in [4.69, 9.17) is 8.83 Å². The van der Waals surface area contributed by atoms with Crippen LogP contribution in [0.5, 0.6) is 0 Å². The van der Waals surface area contributed by atoms with Crippen molar-refractivity contribution in [1.29, 1.82) is 0 Å². The van der Waals surface area contributed by atoms with Crippen LogP contribution in [0.4, 0.5) is 9.52 Å². The summed E-state index contributed by atoms with van der Waals surface area (Å²) in [5.74, 6) is -0.399. The summed E-state index contributed by atoms with van der Waals surface area (Å²) < 4.78 is 51.8. The molecule has 192 valence electrons. The van der Waals surface area contributed by atoms with E-state index in [0.29, 0.717) is 34.1 Å². The number of rotatable bonds is 5. The van der Waals surface area contributed by atoms with E-state index >= 15 is 0 Å². The third-order valence-corrected chi connectivity index (χ3v) is 9.55. The molecule has 1 aliphatic rings. The highest BCUT2D eigenvalue weighted by molar-refractivity contribution is 7.89. The number of anilines is 1. The second kappa shape index (κ2) is 8.97. The van der Waals surface area contributed by atoms with Gasteiger partial charge in [-0.2, -0.15) is 0 Å². The number of nitrogens with zero attached hydrogens (tertiary/aromatic N) is 2. The van der Waals surface area contributed by atoms with Gasteiger partial charge in [0.2, 0.25) is 0 Å². The Balaban J connectivity index is 1.28. The molecular formula is C25H16FN3O6S3. The average molecular weight is 570 g/mol. The number of furan rings is 2. The Labute approximate surface area is 223 Å². The van der Waals surface area contributed by atoms with Crippen LogP contribution in [0.3, 0.4) is 0 Å². The fourth-order valence-electron chi connectivity index (χ4n) is 3.98. The van der Waals surface area contributed by atoms with Gasteiger partial charge in [0.25, 0.3) is 15.9 Å². The van der Waals surface area contributed by atoms with Gasteiger partial charge < -0.3 is 13.9 Å². The molecule has 0 aliphatic carbocycles. The van der Waals surface area contributed by atoms with Crippen LogP contribution in [0.1, 0.15) is 4.88 Å². The van der Waals surface area contributed by atoms with Crippen molar-refractivity contribution >= 4 is 49.5 Å². The standard InChI is InChI=1S/C25H16FN3O6S3/c1-29-20(21(30)22-23(38(29,32)33)15(11-36-22)18-3-2-10-34-18)24(31)28-25-27-16(12-37-25)19-9-8-17(35-19)13-4-6-14(26)7-5-13/h2-12,30H,1H3,(H,27,28,31). The number of amides is 1. The van der Waals surface area contributed by atoms with Crippen LogP contribution in [0.25, 0.3) is 39.9 Å². The SMILES string of the molecule is CN1C(C(=O)Nc2nc(-c3ccc(-c4ccc(F)cc4)o3)cs2)=C(O)c2scc(-c3ccco3)c2S1(=O)=O. The molecule has 2 N–H and O–H groups in total. The highest BCUT2D eigenvalue weighted by Crippen LogP contribution is 2.45. The van der Waals surface area contributed by atoms with Crippen LogP contribution in [0, 0.1) is 5.82 Å². The number of thiazole rings is 1. The normalized spacial score (nSPS) is 14.5. The van der Waals surface area contributed by atoms with E-state index in [0.717, 1.165) is 27.0 Å². The zero-order valence-electron chi connectivity index (χ0n) is 19.3. The van der Waals surface area contributed by atoms with Crippen LogP contribution in [-0.2, 0) is 14.8 Å². The fourth-order valence-corrected chi connectivity index (χ4v) is 7.55. The van der Waals surface area contributed by atoms with E-state index in [-0.39, 0.29) is 20.7 Å². The molecule has 6 rings (SSSR count). The van der Waals surface area contributed by atoms with Gasteiger partial charge in [0.15, 0.2) is 22.3 Å². The largest absolute Gasteiger partial charge is 0.504 e. The molecule has 4 aromatic heterocycles. The number of carbonyl (C=O) groups excluding carboxylic acids is 1. The Morgan fingerprint density at radius 3 is 2.55 bits per heavy atom. The quantitative estimate of drug-likeness (QED) is 0.265. The zero-order valence-corrected chi connectivity index (χ0v) is 21.8. The summed E-state index contributed by atoms with van der Waals surface area (Å²) >= 11 is 2.09. The lowest BCUT2D eigenvalue weighted by atomic mass is 10.2. The second-order valence-corrected chi connectivity index (χ2v) is 11.8. The minimum atomic E-state index is -4.17. The molecule has 1 aliphatic heterocycles. The number of aliphatic hydroxyl groups excluding tert-OH is 1. The molecule has 1 aromatic carbocycles. The molecule has 0 saturated carbocycles. The van der Waals surface area contributed by atoms with Gasteiger partial charge in [0.1, 0.15) is 27.9 Å². The van der Waals surface area contributed by atoms with Crippen LogP contribution >= 0.6 is 22.7 Å². The molecule has 13 heteroatoms. The topological polar surface area (TPSA) is 126 Å². The van der Waals surface area contributed by atoms with Crippen molar-refractivity contribution in [3.8, 4) is 34.1 Å². The Morgan fingerprint density at radius 2 is 1.82 bits per heavy atom. The number of aromatic nitrogens is 1. The molecule has 9 nitrogen and oxygen atoms in total. The van der Waals surface area contributed by atoms with Gasteiger partial charge in [-0.3, -0.25) is 14.4 Å². The summed E-state index contributed by atoms with van der Waals surface area (Å²) in [6, 6.07) is 12.5. The van der Waals surface area contributed by atoms with Gasteiger partial charge in [-0.15, -0.1) is 22.7 Å². The van der Waals surface area contributed by atoms with Gasteiger partial charge in [0, 0.05) is 28.9 Å². The third kappa shape index (κ3) is 3.91. The second-order valence-electron chi connectivity index (χ2n) is 8.12. The van der Waals surface area contributed by atoms with E-state index in [1.54, 1.807) is 47.2 Å². The maximum atomic E-state index is 13.3. The molecular weight excluding hydrogens is 553 g/mol. The highest BCUT2D eigenvalue weighted by Gasteiger charge is 2.41. The van der Waals surface area contributed by atoms with Crippen molar-refractivity contribution in [2.75, 3.05) is 12.4 Å². The molecule has 1 amide bonds. The molecule has 0 spiro atoms. The fraction of sp³-hybridized carbons (Fsp3) is 0.0400. The number of aliphatic hydroxyl groups is 1. The first-order valence-electron chi connectivity index (χ1n) is 10.9. The summed E-state index contributed by atoms with van der Waals surface area (Å²) in [7, 11) is -2.97. The molecule has 0 atom stereocenters.